The highest BCUT2D eigenvalue weighted by molar-refractivity contribution is 6.30. The van der Waals surface area contributed by atoms with Crippen molar-refractivity contribution in [2.45, 2.75) is 19.6 Å². The maximum atomic E-state index is 12.8. The Kier molecular flexibility index (Phi) is 3.82. The van der Waals surface area contributed by atoms with E-state index in [1.165, 1.54) is 5.01 Å². The summed E-state index contributed by atoms with van der Waals surface area (Å²) in [6, 6.07) is 13.0. The number of para-hydroxylation sites is 1. The standard InChI is InChI=1S/C18H17ClN2O3/c1-2-23-15-8-3-5-11-9-14-17(24-16(11)15)20-21(18(14)22)13-7-4-6-12(19)10-13/h3-8,10,14,17,20H,2,9H2,1H3. The maximum absolute atomic E-state index is 12.8. The molecular weight excluding hydrogens is 328 g/mol. The fraction of sp³-hybridized carbons (Fsp3) is 0.278. The molecule has 0 aliphatic carbocycles. The molecule has 24 heavy (non-hydrogen) atoms. The lowest BCUT2D eigenvalue weighted by Gasteiger charge is -2.27. The van der Waals surface area contributed by atoms with E-state index in [0.29, 0.717) is 35.2 Å². The van der Waals surface area contributed by atoms with Gasteiger partial charge in [-0.2, -0.15) is 5.43 Å². The Balaban J connectivity index is 1.64. The van der Waals surface area contributed by atoms with E-state index < -0.39 is 6.23 Å². The van der Waals surface area contributed by atoms with E-state index in [-0.39, 0.29) is 11.8 Å². The van der Waals surface area contributed by atoms with E-state index in [4.69, 9.17) is 21.1 Å². The molecule has 5 nitrogen and oxygen atoms in total. The van der Waals surface area contributed by atoms with Crippen LogP contribution in [0.3, 0.4) is 0 Å². The van der Waals surface area contributed by atoms with Gasteiger partial charge in [0.15, 0.2) is 17.7 Å². The van der Waals surface area contributed by atoms with Crippen molar-refractivity contribution in [2.24, 2.45) is 5.92 Å². The van der Waals surface area contributed by atoms with Crippen molar-refractivity contribution in [3.63, 3.8) is 0 Å². The van der Waals surface area contributed by atoms with Crippen molar-refractivity contribution in [1.82, 2.24) is 5.43 Å². The predicted molar refractivity (Wildman–Crippen MR) is 91.3 cm³/mol. The van der Waals surface area contributed by atoms with E-state index >= 15 is 0 Å². The van der Waals surface area contributed by atoms with Crippen LogP contribution in [0.15, 0.2) is 42.5 Å². The summed E-state index contributed by atoms with van der Waals surface area (Å²) in [6.07, 6.45) is 0.203. The molecular formula is C18H17ClN2O3. The molecule has 2 atom stereocenters. The highest BCUT2D eigenvalue weighted by Gasteiger charge is 2.46. The Hall–Kier alpha value is -2.24. The molecule has 1 fully saturated rings. The second-order valence-corrected chi connectivity index (χ2v) is 6.25. The maximum Gasteiger partial charge on any atom is 0.250 e. The Morgan fingerprint density at radius 3 is 2.96 bits per heavy atom. The van der Waals surface area contributed by atoms with Crippen molar-refractivity contribution in [3.05, 3.63) is 53.1 Å². The van der Waals surface area contributed by atoms with Crippen LogP contribution in [-0.4, -0.2) is 18.7 Å². The van der Waals surface area contributed by atoms with Crippen LogP contribution >= 0.6 is 11.6 Å². The quantitative estimate of drug-likeness (QED) is 0.929. The number of ether oxygens (including phenoxy) is 2. The van der Waals surface area contributed by atoms with Gasteiger partial charge in [0.1, 0.15) is 0 Å². The van der Waals surface area contributed by atoms with Gasteiger partial charge in [0.25, 0.3) is 0 Å². The first-order chi connectivity index (χ1) is 11.7. The third-order valence-electron chi connectivity index (χ3n) is 4.27. The number of rotatable bonds is 3. The first kappa shape index (κ1) is 15.3. The SMILES string of the molecule is CCOc1cccc2c1OC1NN(c3cccc(Cl)c3)C(=O)C1C2. The Morgan fingerprint density at radius 1 is 1.33 bits per heavy atom. The average molecular weight is 345 g/mol. The first-order valence-electron chi connectivity index (χ1n) is 7.94. The number of halogens is 1. The van der Waals surface area contributed by atoms with Gasteiger partial charge in [-0.3, -0.25) is 4.79 Å². The minimum atomic E-state index is -0.411. The molecule has 0 bridgehead atoms. The number of nitrogens with zero attached hydrogens (tertiary/aromatic N) is 1. The lowest BCUT2D eigenvalue weighted by Crippen LogP contribution is -2.41. The molecule has 2 aliphatic rings. The highest BCUT2D eigenvalue weighted by atomic mass is 35.5. The third kappa shape index (κ3) is 2.50. The molecule has 1 saturated heterocycles. The lowest BCUT2D eigenvalue weighted by molar-refractivity contribution is -0.121. The fourth-order valence-corrected chi connectivity index (χ4v) is 3.37. The number of anilines is 1. The van der Waals surface area contributed by atoms with Crippen LogP contribution in [0.4, 0.5) is 5.69 Å². The molecule has 2 aromatic carbocycles. The summed E-state index contributed by atoms with van der Waals surface area (Å²) in [5.41, 5.74) is 4.84. The van der Waals surface area contributed by atoms with Gasteiger partial charge in [0, 0.05) is 5.02 Å². The molecule has 124 valence electrons. The number of benzene rings is 2. The third-order valence-corrected chi connectivity index (χ3v) is 4.51. The molecule has 2 unspecified atom stereocenters. The number of hydrogen-bond acceptors (Lipinski definition) is 4. The van der Waals surface area contributed by atoms with E-state index in [0.717, 1.165) is 5.56 Å². The van der Waals surface area contributed by atoms with E-state index in [1.54, 1.807) is 12.1 Å². The second-order valence-electron chi connectivity index (χ2n) is 5.81. The molecule has 4 rings (SSSR count). The summed E-state index contributed by atoms with van der Waals surface area (Å²) in [4.78, 5) is 12.8. The number of amides is 1. The van der Waals surface area contributed by atoms with Gasteiger partial charge in [0.2, 0.25) is 5.91 Å². The zero-order valence-electron chi connectivity index (χ0n) is 13.2. The van der Waals surface area contributed by atoms with Crippen LogP contribution in [-0.2, 0) is 11.2 Å². The molecule has 0 radical (unpaired) electrons. The summed E-state index contributed by atoms with van der Waals surface area (Å²) in [6.45, 7) is 2.50. The van der Waals surface area contributed by atoms with Gasteiger partial charge in [-0.05, 0) is 43.2 Å². The van der Waals surface area contributed by atoms with Gasteiger partial charge in [0.05, 0.1) is 18.2 Å². The molecule has 0 spiro atoms. The number of hydrazine groups is 1. The van der Waals surface area contributed by atoms with Crippen molar-refractivity contribution >= 4 is 23.2 Å². The normalized spacial score (nSPS) is 21.9. The van der Waals surface area contributed by atoms with Gasteiger partial charge in [-0.25, -0.2) is 5.01 Å². The average Bonchev–Trinajstić information content (AvgIpc) is 2.90. The molecule has 2 aliphatic heterocycles. The van der Waals surface area contributed by atoms with E-state index in [1.807, 2.05) is 37.3 Å². The zero-order chi connectivity index (χ0) is 16.7. The summed E-state index contributed by atoms with van der Waals surface area (Å²) in [7, 11) is 0. The van der Waals surface area contributed by atoms with Crippen molar-refractivity contribution in [3.8, 4) is 11.5 Å². The fourth-order valence-electron chi connectivity index (χ4n) is 3.18. The van der Waals surface area contributed by atoms with E-state index in [2.05, 4.69) is 5.43 Å². The van der Waals surface area contributed by atoms with Gasteiger partial charge >= 0.3 is 0 Å². The summed E-state index contributed by atoms with van der Waals surface area (Å²) < 4.78 is 11.7. The molecule has 1 amide bonds. The molecule has 2 aromatic rings. The van der Waals surface area contributed by atoms with Crippen molar-refractivity contribution in [2.75, 3.05) is 11.6 Å². The van der Waals surface area contributed by atoms with Crippen LogP contribution in [0, 0.1) is 5.92 Å². The Bertz CT molecular complexity index is 796. The number of carbonyl (C=O) groups excluding carboxylic acids is 1. The van der Waals surface area contributed by atoms with Crippen LogP contribution in [0.25, 0.3) is 0 Å². The molecule has 0 saturated carbocycles. The summed E-state index contributed by atoms with van der Waals surface area (Å²) in [5.74, 6) is 1.14. The molecule has 1 N–H and O–H groups in total. The number of carbonyl (C=O) groups is 1. The van der Waals surface area contributed by atoms with Crippen LogP contribution in [0.2, 0.25) is 5.02 Å². The first-order valence-corrected chi connectivity index (χ1v) is 8.32. The molecule has 6 heteroatoms. The lowest BCUT2D eigenvalue weighted by atomic mass is 9.94. The largest absolute Gasteiger partial charge is 0.490 e. The minimum Gasteiger partial charge on any atom is -0.490 e. The van der Waals surface area contributed by atoms with Crippen LogP contribution < -0.4 is 19.9 Å². The van der Waals surface area contributed by atoms with E-state index in [9.17, 15) is 4.79 Å². The molecule has 0 aromatic heterocycles. The molecule has 2 heterocycles. The highest BCUT2D eigenvalue weighted by Crippen LogP contribution is 2.40. The van der Waals surface area contributed by atoms with Crippen LogP contribution in [0.1, 0.15) is 12.5 Å². The van der Waals surface area contributed by atoms with Gasteiger partial charge < -0.3 is 9.47 Å². The van der Waals surface area contributed by atoms with Crippen molar-refractivity contribution < 1.29 is 14.3 Å². The predicted octanol–water partition coefficient (Wildman–Crippen LogP) is 3.17. The number of hydrogen-bond donors (Lipinski definition) is 1. The zero-order valence-corrected chi connectivity index (χ0v) is 13.9. The smallest absolute Gasteiger partial charge is 0.250 e. The summed E-state index contributed by atoms with van der Waals surface area (Å²) >= 11 is 6.04. The van der Waals surface area contributed by atoms with Crippen molar-refractivity contribution in [1.29, 1.82) is 0 Å². The monoisotopic (exact) mass is 344 g/mol. The van der Waals surface area contributed by atoms with Gasteiger partial charge in [-0.15, -0.1) is 0 Å². The minimum absolute atomic E-state index is 0.0188. The topological polar surface area (TPSA) is 50.8 Å². The second kappa shape index (κ2) is 6.00. The van der Waals surface area contributed by atoms with Gasteiger partial charge in [-0.1, -0.05) is 29.8 Å². The Morgan fingerprint density at radius 2 is 2.17 bits per heavy atom. The van der Waals surface area contributed by atoms with Crippen LogP contribution in [0.5, 0.6) is 11.5 Å². The Labute approximate surface area is 145 Å². The number of fused-ring (bicyclic) bond motifs is 2. The summed E-state index contributed by atoms with van der Waals surface area (Å²) in [5, 5.41) is 2.10. The number of nitrogens with one attached hydrogen (secondary N) is 1.